The van der Waals surface area contributed by atoms with Crippen molar-refractivity contribution in [2.75, 3.05) is 12.3 Å². The second kappa shape index (κ2) is 7.58. The highest BCUT2D eigenvalue weighted by Gasteiger charge is 2.58. The summed E-state index contributed by atoms with van der Waals surface area (Å²) in [4.78, 5) is 3.61. The van der Waals surface area contributed by atoms with Gasteiger partial charge in [-0.2, -0.15) is 26.3 Å². The van der Waals surface area contributed by atoms with Crippen molar-refractivity contribution in [1.29, 1.82) is 0 Å². The summed E-state index contributed by atoms with van der Waals surface area (Å²) in [5.74, 6) is -2.87. The summed E-state index contributed by atoms with van der Waals surface area (Å²) in [6.45, 7) is -0.310. The number of rotatable bonds is 0. The fourth-order valence-corrected chi connectivity index (χ4v) is 2.86. The van der Waals surface area contributed by atoms with Gasteiger partial charge in [-0.1, -0.05) is 0 Å². The third kappa shape index (κ3) is 4.14. The maximum atomic E-state index is 13.5. The van der Waals surface area contributed by atoms with Gasteiger partial charge in [0.25, 0.3) is 11.8 Å². The second-order valence-corrected chi connectivity index (χ2v) is 6.73. The van der Waals surface area contributed by atoms with Gasteiger partial charge in [0.2, 0.25) is 11.5 Å². The first-order valence-corrected chi connectivity index (χ1v) is 8.65. The van der Waals surface area contributed by atoms with E-state index in [0.717, 1.165) is 0 Å². The molecule has 0 amide bonds. The van der Waals surface area contributed by atoms with Crippen LogP contribution in [-0.2, 0) is 11.8 Å². The predicted octanol–water partition coefficient (Wildman–Crippen LogP) is 2.80. The summed E-state index contributed by atoms with van der Waals surface area (Å²) in [6.07, 6.45) is -13.0. The Labute approximate surface area is 164 Å². The van der Waals surface area contributed by atoms with Gasteiger partial charge in [0.1, 0.15) is 5.56 Å². The highest BCUT2D eigenvalue weighted by atomic mass is 19.4. The lowest BCUT2D eigenvalue weighted by Crippen LogP contribution is -2.43. The molecule has 3 rings (SSSR count). The third-order valence-corrected chi connectivity index (χ3v) is 4.53. The number of nitrogen functional groups attached to an aromatic ring is 1. The molecule has 0 saturated carbocycles. The molecule has 0 aliphatic carbocycles. The molecule has 3 heterocycles. The van der Waals surface area contributed by atoms with Crippen LogP contribution in [0.3, 0.4) is 0 Å². The maximum Gasteiger partial charge on any atom is 0.426 e. The average Bonchev–Trinajstić information content (AvgIpc) is 3.11. The molecule has 8 nitrogen and oxygen atoms in total. The van der Waals surface area contributed by atoms with Crippen molar-refractivity contribution >= 4 is 5.69 Å². The van der Waals surface area contributed by atoms with Crippen LogP contribution in [0.15, 0.2) is 10.5 Å². The minimum absolute atomic E-state index is 0.0166. The number of pyridine rings is 1. The summed E-state index contributed by atoms with van der Waals surface area (Å²) in [5, 5.41) is 26.7. The molecule has 2 unspecified atom stereocenters. The second-order valence-electron chi connectivity index (χ2n) is 6.73. The fourth-order valence-electron chi connectivity index (χ4n) is 2.86. The molecule has 0 aromatic carbocycles. The molecule has 2 aromatic rings. The summed E-state index contributed by atoms with van der Waals surface area (Å²) < 4.78 is 90.4. The molecule has 0 radical (unpaired) electrons. The summed E-state index contributed by atoms with van der Waals surface area (Å²) >= 11 is 0. The molecule has 0 spiro atoms. The van der Waals surface area contributed by atoms with Gasteiger partial charge >= 0.3 is 12.4 Å². The maximum absolute atomic E-state index is 13.5. The number of nitrogens with zero attached hydrogens (tertiary/aromatic N) is 3. The van der Waals surface area contributed by atoms with Gasteiger partial charge in [0.15, 0.2) is 5.69 Å². The molecule has 14 heteroatoms. The molecule has 0 fully saturated rings. The number of aromatic nitrogens is 3. The van der Waals surface area contributed by atoms with Gasteiger partial charge in [0.05, 0.1) is 18.4 Å². The Morgan fingerprint density at radius 2 is 1.83 bits per heavy atom. The van der Waals surface area contributed by atoms with E-state index in [1.54, 1.807) is 0 Å². The van der Waals surface area contributed by atoms with Crippen molar-refractivity contribution in [1.82, 2.24) is 15.2 Å². The van der Waals surface area contributed by atoms with E-state index < -0.39 is 71.5 Å². The zero-order valence-electron chi connectivity index (χ0n) is 15.1. The predicted molar refractivity (Wildman–Crippen MR) is 86.9 cm³/mol. The Kier molecular flexibility index (Phi) is 5.58. The monoisotopic (exact) mass is 442 g/mol. The van der Waals surface area contributed by atoms with Gasteiger partial charge in [-0.15, -0.1) is 10.2 Å². The van der Waals surface area contributed by atoms with Crippen LogP contribution in [0.1, 0.15) is 37.1 Å². The molecule has 2 atom stereocenters. The molecule has 1 aliphatic heterocycles. The van der Waals surface area contributed by atoms with E-state index in [1.807, 2.05) is 0 Å². The van der Waals surface area contributed by atoms with Gasteiger partial charge in [-0.05, 0) is 31.7 Å². The van der Waals surface area contributed by atoms with Crippen LogP contribution in [0.5, 0.6) is 5.88 Å². The Morgan fingerprint density at radius 3 is 2.47 bits per heavy atom. The number of anilines is 1. The minimum atomic E-state index is -5.24. The zero-order chi connectivity index (χ0) is 22.3. The SMILES string of the molecule is Nc1cc(C(F)(F)F)c2nc1-c1nnc(o1)C(O)(C(F)(F)F)CCC(O)CCCO2. The number of hydrogen-bond donors (Lipinski definition) is 3. The Bertz CT molecular complexity index is 916. The quantitative estimate of drug-likeness (QED) is 0.532. The first kappa shape index (κ1) is 22.1. The van der Waals surface area contributed by atoms with E-state index in [-0.39, 0.29) is 19.4 Å². The molecule has 4 N–H and O–H groups in total. The number of halogens is 6. The van der Waals surface area contributed by atoms with Crippen molar-refractivity contribution in [3.63, 3.8) is 0 Å². The van der Waals surface area contributed by atoms with Gasteiger partial charge in [-0.25, -0.2) is 4.98 Å². The number of nitrogens with two attached hydrogens (primary N) is 1. The van der Waals surface area contributed by atoms with Crippen LogP contribution in [-0.4, -0.2) is 44.3 Å². The van der Waals surface area contributed by atoms with Crippen LogP contribution in [0, 0.1) is 0 Å². The lowest BCUT2D eigenvalue weighted by molar-refractivity contribution is -0.278. The highest BCUT2D eigenvalue weighted by molar-refractivity contribution is 5.68. The van der Waals surface area contributed by atoms with E-state index in [0.29, 0.717) is 6.07 Å². The van der Waals surface area contributed by atoms with Crippen molar-refractivity contribution in [3.05, 3.63) is 17.5 Å². The molecule has 0 saturated heterocycles. The fraction of sp³-hybridized carbons (Fsp3) is 0.562. The molecule has 1 aliphatic rings. The van der Waals surface area contributed by atoms with Crippen LogP contribution < -0.4 is 10.5 Å². The molecule has 2 aromatic heterocycles. The molecule has 30 heavy (non-hydrogen) atoms. The van der Waals surface area contributed by atoms with Crippen LogP contribution in [0.2, 0.25) is 0 Å². The van der Waals surface area contributed by atoms with E-state index in [4.69, 9.17) is 14.9 Å². The summed E-state index contributed by atoms with van der Waals surface area (Å²) in [6, 6.07) is 0.484. The van der Waals surface area contributed by atoms with E-state index in [2.05, 4.69) is 15.2 Å². The van der Waals surface area contributed by atoms with Crippen LogP contribution >= 0.6 is 0 Å². The summed E-state index contributed by atoms with van der Waals surface area (Å²) in [5.41, 5.74) is -0.430. The van der Waals surface area contributed by atoms with Gasteiger partial charge in [0, 0.05) is 0 Å². The van der Waals surface area contributed by atoms with E-state index >= 15 is 0 Å². The first-order valence-electron chi connectivity index (χ1n) is 8.65. The van der Waals surface area contributed by atoms with E-state index in [9.17, 15) is 36.6 Å². The Morgan fingerprint density at radius 1 is 1.13 bits per heavy atom. The number of ether oxygens (including phenoxy) is 1. The number of aliphatic hydroxyl groups excluding tert-OH is 1. The van der Waals surface area contributed by atoms with Gasteiger partial charge in [-0.3, -0.25) is 0 Å². The normalized spacial score (nSPS) is 23.5. The number of fused-ring (bicyclic) bond motifs is 5. The third-order valence-electron chi connectivity index (χ3n) is 4.53. The molecule has 166 valence electrons. The Balaban J connectivity index is 2.16. The van der Waals surface area contributed by atoms with Crippen LogP contribution in [0.25, 0.3) is 11.6 Å². The summed E-state index contributed by atoms with van der Waals surface area (Å²) in [7, 11) is 0. The molecular weight excluding hydrogens is 426 g/mol. The van der Waals surface area contributed by atoms with Crippen molar-refractivity contribution in [2.24, 2.45) is 0 Å². The van der Waals surface area contributed by atoms with Crippen molar-refractivity contribution in [3.8, 4) is 17.5 Å². The largest absolute Gasteiger partial charge is 0.477 e. The lowest BCUT2D eigenvalue weighted by atomic mass is 9.93. The topological polar surface area (TPSA) is 128 Å². The van der Waals surface area contributed by atoms with E-state index in [1.165, 1.54) is 0 Å². The smallest absolute Gasteiger partial charge is 0.426 e. The average molecular weight is 442 g/mol. The zero-order valence-corrected chi connectivity index (χ0v) is 15.1. The van der Waals surface area contributed by atoms with Crippen LogP contribution in [0.4, 0.5) is 32.0 Å². The minimum Gasteiger partial charge on any atom is -0.477 e. The van der Waals surface area contributed by atoms with Crippen molar-refractivity contribution < 1.29 is 45.7 Å². The lowest BCUT2D eigenvalue weighted by Gasteiger charge is -2.27. The molecular formula is C16H16F6N4O4. The van der Waals surface area contributed by atoms with Crippen molar-refractivity contribution in [2.45, 2.75) is 49.7 Å². The van der Waals surface area contributed by atoms with Gasteiger partial charge < -0.3 is 25.1 Å². The molecule has 4 bridgehead atoms. The number of alkyl halides is 6. The first-order chi connectivity index (χ1) is 13.8. The number of aliphatic hydroxyl groups is 2. The Hall–Kier alpha value is -2.61. The highest BCUT2D eigenvalue weighted by Crippen LogP contribution is 2.44. The number of hydrogen-bond acceptors (Lipinski definition) is 8. The standard InChI is InChI=1S/C16H16F6N4O4/c17-15(18,19)8-6-9(23)10-12-25-26-13(30-12)14(28,16(20,21)22)4-3-7(27)2-1-5-29-11(8)24-10/h6-7,27-28H,1-5,23H2.